The number of benzene rings is 1. The van der Waals surface area contributed by atoms with Crippen LogP contribution in [-0.2, 0) is 19.4 Å². The van der Waals surface area contributed by atoms with Gasteiger partial charge in [0, 0.05) is 23.8 Å². The van der Waals surface area contributed by atoms with Crippen molar-refractivity contribution in [3.63, 3.8) is 0 Å². The van der Waals surface area contributed by atoms with Crippen LogP contribution in [0.1, 0.15) is 5.56 Å². The highest BCUT2D eigenvalue weighted by molar-refractivity contribution is 7.90. The predicted octanol–water partition coefficient (Wildman–Crippen LogP) is 0.0942. The quantitative estimate of drug-likeness (QED) is 0.641. The summed E-state index contributed by atoms with van der Waals surface area (Å²) in [5.41, 5.74) is 0.494. The van der Waals surface area contributed by atoms with Crippen molar-refractivity contribution in [2.24, 2.45) is 0 Å². The highest BCUT2D eigenvalue weighted by Crippen LogP contribution is 2.22. The maximum Gasteiger partial charge on any atom is 0.336 e. The Labute approximate surface area is 148 Å². The van der Waals surface area contributed by atoms with Gasteiger partial charge in [-0.05, 0) is 24.6 Å². The Hall–Kier alpha value is -2.88. The topological polar surface area (TPSA) is 140 Å². The number of carboxylic acid groups (broad SMARTS) is 1. The summed E-state index contributed by atoms with van der Waals surface area (Å²) in [6, 6.07) is 4.43. The summed E-state index contributed by atoms with van der Waals surface area (Å²) in [4.78, 5) is 34.3. The van der Waals surface area contributed by atoms with Gasteiger partial charge in [-0.3, -0.25) is 4.79 Å². The van der Waals surface area contributed by atoms with Crippen molar-refractivity contribution < 1.29 is 32.3 Å². The summed E-state index contributed by atoms with van der Waals surface area (Å²) < 4.78 is 32.7. The van der Waals surface area contributed by atoms with Gasteiger partial charge < -0.3 is 19.6 Å². The fourth-order valence-corrected chi connectivity index (χ4v) is 3.09. The third kappa shape index (κ3) is 5.31. The zero-order valence-corrected chi connectivity index (χ0v) is 14.8. The molecule has 1 aromatic heterocycles. The van der Waals surface area contributed by atoms with Crippen LogP contribution in [0.4, 0.5) is 0 Å². The van der Waals surface area contributed by atoms with Crippen molar-refractivity contribution in [2.45, 2.75) is 13.0 Å². The molecule has 2 aromatic rings. The Morgan fingerprint density at radius 1 is 1.31 bits per heavy atom. The molecule has 0 bridgehead atoms. The number of nitrogens with one attached hydrogen (secondary N) is 1. The van der Waals surface area contributed by atoms with E-state index in [1.165, 1.54) is 12.1 Å². The Morgan fingerprint density at radius 2 is 2.00 bits per heavy atom. The molecule has 0 unspecified atom stereocenters. The lowest BCUT2D eigenvalue weighted by Gasteiger charge is -2.14. The van der Waals surface area contributed by atoms with E-state index in [1.807, 2.05) is 0 Å². The molecule has 1 atom stereocenters. The lowest BCUT2D eigenvalue weighted by Crippen LogP contribution is -2.46. The predicted molar refractivity (Wildman–Crippen MR) is 92.0 cm³/mol. The molecule has 1 heterocycles. The fourth-order valence-electron chi connectivity index (χ4n) is 2.26. The highest BCUT2D eigenvalue weighted by atomic mass is 32.2. The minimum Gasteiger partial charge on any atom is -0.484 e. The minimum absolute atomic E-state index is 0.233. The smallest absolute Gasteiger partial charge is 0.336 e. The van der Waals surface area contributed by atoms with Crippen LogP contribution >= 0.6 is 0 Å². The fraction of sp³-hybridized carbons (Fsp3) is 0.312. The van der Waals surface area contributed by atoms with E-state index < -0.39 is 45.7 Å². The van der Waals surface area contributed by atoms with Crippen LogP contribution in [0.3, 0.4) is 0 Å². The lowest BCUT2D eigenvalue weighted by atomic mass is 10.1. The standard InChI is InChI=1S/C16H17NO8S/c1-9-5-15(19)25-13-6-10(3-4-11(9)13)24-7-14(18)17-12(16(20)21)8-26(2,22)23/h3-6,12H,7-8H2,1-2H3,(H,17,18)(H,20,21)/t12-/m0/s1. The third-order valence-electron chi connectivity index (χ3n) is 3.40. The summed E-state index contributed by atoms with van der Waals surface area (Å²) in [5.74, 6) is -2.76. The Kier molecular flexibility index (Phi) is 5.66. The molecule has 0 aliphatic rings. The molecule has 9 nitrogen and oxygen atoms in total. The Balaban J connectivity index is 2.05. The van der Waals surface area contributed by atoms with Gasteiger partial charge in [-0.25, -0.2) is 18.0 Å². The molecule has 10 heteroatoms. The van der Waals surface area contributed by atoms with Crippen molar-refractivity contribution in [1.82, 2.24) is 5.32 Å². The van der Waals surface area contributed by atoms with Crippen molar-refractivity contribution in [1.29, 1.82) is 0 Å². The number of rotatable bonds is 7. The third-order valence-corrected chi connectivity index (χ3v) is 4.33. The van der Waals surface area contributed by atoms with Gasteiger partial charge in [0.2, 0.25) is 0 Å². The molecule has 0 fully saturated rings. The molecule has 26 heavy (non-hydrogen) atoms. The molecule has 0 saturated carbocycles. The number of hydrogen-bond donors (Lipinski definition) is 2. The van der Waals surface area contributed by atoms with Gasteiger partial charge in [0.1, 0.15) is 27.2 Å². The number of amides is 1. The maximum atomic E-state index is 11.8. The van der Waals surface area contributed by atoms with E-state index in [0.29, 0.717) is 5.39 Å². The number of hydrogen-bond acceptors (Lipinski definition) is 7. The van der Waals surface area contributed by atoms with Crippen LogP contribution in [0.2, 0.25) is 0 Å². The largest absolute Gasteiger partial charge is 0.484 e. The van der Waals surface area contributed by atoms with E-state index in [4.69, 9.17) is 14.3 Å². The van der Waals surface area contributed by atoms with E-state index in [0.717, 1.165) is 11.8 Å². The molecule has 0 aliphatic carbocycles. The molecule has 0 radical (unpaired) electrons. The van der Waals surface area contributed by atoms with Gasteiger partial charge in [0.25, 0.3) is 5.91 Å². The molecule has 0 aliphatic heterocycles. The first-order valence-corrected chi connectivity index (χ1v) is 9.48. The van der Waals surface area contributed by atoms with Crippen LogP contribution in [0.25, 0.3) is 11.0 Å². The first-order valence-electron chi connectivity index (χ1n) is 7.42. The highest BCUT2D eigenvalue weighted by Gasteiger charge is 2.24. The van der Waals surface area contributed by atoms with E-state index in [-0.39, 0.29) is 11.3 Å². The summed E-state index contributed by atoms with van der Waals surface area (Å²) in [7, 11) is -3.59. The van der Waals surface area contributed by atoms with E-state index in [2.05, 4.69) is 5.32 Å². The molecule has 2 rings (SSSR count). The second-order valence-corrected chi connectivity index (χ2v) is 7.93. The van der Waals surface area contributed by atoms with Crippen LogP contribution in [0.5, 0.6) is 5.75 Å². The summed E-state index contributed by atoms with van der Waals surface area (Å²) in [6.07, 6.45) is 0.871. The second kappa shape index (κ2) is 7.56. The SMILES string of the molecule is Cc1cc(=O)oc2cc(OCC(=O)N[C@@H](CS(C)(=O)=O)C(=O)O)ccc12. The van der Waals surface area contributed by atoms with Crippen molar-refractivity contribution in [2.75, 3.05) is 18.6 Å². The van der Waals surface area contributed by atoms with Crippen molar-refractivity contribution >= 4 is 32.7 Å². The molecule has 2 N–H and O–H groups in total. The molecular formula is C16H17NO8S. The number of ether oxygens (including phenoxy) is 1. The van der Waals surface area contributed by atoms with Crippen molar-refractivity contribution in [3.8, 4) is 5.75 Å². The normalized spacial score (nSPS) is 12.5. The summed E-state index contributed by atoms with van der Waals surface area (Å²) in [5, 5.41) is 11.8. The van der Waals surface area contributed by atoms with Crippen molar-refractivity contribution in [3.05, 3.63) is 40.2 Å². The number of carboxylic acids is 1. The zero-order valence-electron chi connectivity index (χ0n) is 14.0. The van der Waals surface area contributed by atoms with Gasteiger partial charge in [-0.15, -0.1) is 0 Å². The van der Waals surface area contributed by atoms with Gasteiger partial charge in [0.15, 0.2) is 6.61 Å². The first-order chi connectivity index (χ1) is 12.0. The van der Waals surface area contributed by atoms with Gasteiger partial charge >= 0.3 is 11.6 Å². The molecule has 0 saturated heterocycles. The summed E-state index contributed by atoms with van der Waals surface area (Å²) in [6.45, 7) is 1.22. The average molecular weight is 383 g/mol. The Bertz CT molecular complexity index is 1010. The number of aliphatic carboxylic acids is 1. The van der Waals surface area contributed by atoms with Crippen LogP contribution in [0, 0.1) is 6.92 Å². The van der Waals surface area contributed by atoms with E-state index in [9.17, 15) is 22.8 Å². The number of aryl methyl sites for hydroxylation is 1. The van der Waals surface area contributed by atoms with E-state index >= 15 is 0 Å². The Morgan fingerprint density at radius 3 is 2.62 bits per heavy atom. The maximum absolute atomic E-state index is 11.8. The zero-order chi connectivity index (χ0) is 19.5. The monoisotopic (exact) mass is 383 g/mol. The van der Waals surface area contributed by atoms with Crippen LogP contribution in [-0.4, -0.2) is 50.1 Å². The molecule has 1 amide bonds. The summed E-state index contributed by atoms with van der Waals surface area (Å²) >= 11 is 0. The van der Waals surface area contributed by atoms with Crippen LogP contribution < -0.4 is 15.7 Å². The molecule has 140 valence electrons. The molecule has 0 spiro atoms. The van der Waals surface area contributed by atoms with Gasteiger partial charge in [-0.2, -0.15) is 0 Å². The average Bonchev–Trinajstić information content (AvgIpc) is 2.50. The number of fused-ring (bicyclic) bond motifs is 1. The minimum atomic E-state index is -3.59. The van der Waals surface area contributed by atoms with Crippen LogP contribution in [0.15, 0.2) is 33.5 Å². The van der Waals surface area contributed by atoms with Gasteiger partial charge in [-0.1, -0.05) is 0 Å². The lowest BCUT2D eigenvalue weighted by molar-refractivity contribution is -0.141. The van der Waals surface area contributed by atoms with E-state index in [1.54, 1.807) is 19.1 Å². The second-order valence-electron chi connectivity index (χ2n) is 5.75. The van der Waals surface area contributed by atoms with Gasteiger partial charge in [0.05, 0.1) is 5.75 Å². The number of carbonyl (C=O) groups is 2. The number of carbonyl (C=O) groups excluding carboxylic acids is 1. The number of sulfone groups is 1. The molecule has 1 aromatic carbocycles. The first kappa shape index (κ1) is 19.4. The molecular weight excluding hydrogens is 366 g/mol.